The smallest absolute Gasteiger partial charge is 0.419 e. The minimum Gasteiger partial charge on any atom is -0.496 e. The van der Waals surface area contributed by atoms with Crippen LogP contribution < -0.4 is 10.1 Å². The summed E-state index contributed by atoms with van der Waals surface area (Å²) in [5.41, 5.74) is -0.620. The molecule has 0 spiro atoms. The molecule has 2 aromatic carbocycles. The molecule has 0 heterocycles. The Bertz CT molecular complexity index is 975. The van der Waals surface area contributed by atoms with Crippen LogP contribution in [0.2, 0.25) is 0 Å². The lowest BCUT2D eigenvalue weighted by Gasteiger charge is -2.18. The molecule has 1 unspecified atom stereocenters. The Hall–Kier alpha value is -3.14. The van der Waals surface area contributed by atoms with Gasteiger partial charge in [0.2, 0.25) is 0 Å². The van der Waals surface area contributed by atoms with Gasteiger partial charge in [0.1, 0.15) is 11.6 Å². The van der Waals surface area contributed by atoms with E-state index in [-0.39, 0.29) is 24.6 Å². The number of ether oxygens (including phenoxy) is 2. The largest absolute Gasteiger partial charge is 0.496 e. The van der Waals surface area contributed by atoms with Crippen LogP contribution in [0.1, 0.15) is 40.9 Å². The molecule has 2 N–H and O–H groups in total. The maximum absolute atomic E-state index is 13.7. The fourth-order valence-electron chi connectivity index (χ4n) is 3.00. The minimum absolute atomic E-state index is 0.0720. The molecule has 6 nitrogen and oxygen atoms in total. The Balaban J connectivity index is 2.16. The lowest BCUT2D eigenvalue weighted by molar-refractivity contribution is -0.153. The monoisotopic (exact) mass is 457 g/mol. The van der Waals surface area contributed by atoms with Crippen LogP contribution in [-0.2, 0) is 28.7 Å². The zero-order valence-electron chi connectivity index (χ0n) is 17.6. The van der Waals surface area contributed by atoms with Gasteiger partial charge in [-0.2, -0.15) is 13.2 Å². The van der Waals surface area contributed by atoms with Gasteiger partial charge in [0.05, 0.1) is 18.8 Å². The van der Waals surface area contributed by atoms with Crippen LogP contribution in [-0.4, -0.2) is 36.3 Å². The summed E-state index contributed by atoms with van der Waals surface area (Å²) in [6, 6.07) is 6.80. The summed E-state index contributed by atoms with van der Waals surface area (Å²) in [5, 5.41) is 11.8. The molecule has 0 aliphatic carbocycles. The van der Waals surface area contributed by atoms with Gasteiger partial charge >= 0.3 is 12.1 Å². The first-order valence-electron chi connectivity index (χ1n) is 9.61. The van der Waals surface area contributed by atoms with E-state index in [4.69, 9.17) is 9.47 Å². The minimum atomic E-state index is -4.86. The average Bonchev–Trinajstić information content (AvgIpc) is 2.70. The van der Waals surface area contributed by atoms with Gasteiger partial charge in [-0.1, -0.05) is 12.1 Å². The van der Waals surface area contributed by atoms with Gasteiger partial charge in [0, 0.05) is 24.1 Å². The normalized spacial score (nSPS) is 12.5. The number of rotatable bonds is 9. The third-order valence-corrected chi connectivity index (χ3v) is 4.45. The van der Waals surface area contributed by atoms with E-state index in [9.17, 15) is 32.3 Å². The Morgan fingerprint density at radius 2 is 1.81 bits per heavy atom. The number of halogens is 4. The molecule has 0 aromatic heterocycles. The SMILES string of the molecule is COc1ccc(CC(OC(C)C)C(=O)O)cc1CNC(=O)c1ccc(C(F)(F)F)c(F)c1. The summed E-state index contributed by atoms with van der Waals surface area (Å²) in [6.45, 7) is 3.35. The summed E-state index contributed by atoms with van der Waals surface area (Å²) < 4.78 is 62.4. The molecule has 2 aromatic rings. The summed E-state index contributed by atoms with van der Waals surface area (Å²) in [6.07, 6.45) is -6.15. The Morgan fingerprint density at radius 1 is 1.12 bits per heavy atom. The van der Waals surface area contributed by atoms with E-state index in [0.717, 1.165) is 6.07 Å². The van der Waals surface area contributed by atoms with Crippen molar-refractivity contribution in [2.24, 2.45) is 0 Å². The zero-order valence-corrected chi connectivity index (χ0v) is 17.6. The predicted molar refractivity (Wildman–Crippen MR) is 107 cm³/mol. The van der Waals surface area contributed by atoms with Crippen molar-refractivity contribution in [2.45, 2.75) is 45.2 Å². The first-order valence-corrected chi connectivity index (χ1v) is 9.61. The van der Waals surface area contributed by atoms with Gasteiger partial charge in [0.15, 0.2) is 6.10 Å². The number of hydrogen-bond acceptors (Lipinski definition) is 4. The van der Waals surface area contributed by atoms with E-state index in [1.54, 1.807) is 32.0 Å². The summed E-state index contributed by atoms with van der Waals surface area (Å²) in [5.74, 6) is -3.04. The van der Waals surface area contributed by atoms with Gasteiger partial charge in [-0.15, -0.1) is 0 Å². The number of aliphatic carboxylic acids is 1. The van der Waals surface area contributed by atoms with Crippen molar-refractivity contribution in [2.75, 3.05) is 7.11 Å². The highest BCUT2D eigenvalue weighted by atomic mass is 19.4. The lowest BCUT2D eigenvalue weighted by atomic mass is 10.0. The van der Waals surface area contributed by atoms with Crippen molar-refractivity contribution >= 4 is 11.9 Å². The van der Waals surface area contributed by atoms with Crippen molar-refractivity contribution < 1.29 is 41.7 Å². The van der Waals surface area contributed by atoms with E-state index in [1.807, 2.05) is 0 Å². The molecule has 0 bridgehead atoms. The van der Waals surface area contributed by atoms with Crippen LogP contribution in [0.4, 0.5) is 17.6 Å². The van der Waals surface area contributed by atoms with Crippen LogP contribution in [0.15, 0.2) is 36.4 Å². The molecular weight excluding hydrogens is 434 g/mol. The average molecular weight is 457 g/mol. The first-order chi connectivity index (χ1) is 14.9. The van der Waals surface area contributed by atoms with Gasteiger partial charge in [0.25, 0.3) is 5.91 Å². The number of carbonyl (C=O) groups is 2. The highest BCUT2D eigenvalue weighted by Gasteiger charge is 2.34. The van der Waals surface area contributed by atoms with Crippen molar-refractivity contribution in [3.8, 4) is 5.75 Å². The number of amides is 1. The van der Waals surface area contributed by atoms with E-state index in [1.165, 1.54) is 7.11 Å². The maximum atomic E-state index is 13.7. The van der Waals surface area contributed by atoms with Gasteiger partial charge in [-0.3, -0.25) is 4.79 Å². The lowest BCUT2D eigenvalue weighted by Crippen LogP contribution is -2.29. The highest BCUT2D eigenvalue weighted by Crippen LogP contribution is 2.31. The van der Waals surface area contributed by atoms with Crippen molar-refractivity contribution in [1.82, 2.24) is 5.32 Å². The van der Waals surface area contributed by atoms with Crippen LogP contribution in [0.3, 0.4) is 0 Å². The molecule has 0 fully saturated rings. The Kier molecular flexibility index (Phi) is 8.20. The van der Waals surface area contributed by atoms with Crippen molar-refractivity contribution in [3.05, 3.63) is 64.5 Å². The molecule has 1 atom stereocenters. The molecule has 32 heavy (non-hydrogen) atoms. The second-order valence-electron chi connectivity index (χ2n) is 7.24. The topological polar surface area (TPSA) is 84.9 Å². The number of carboxylic acids is 1. The van der Waals surface area contributed by atoms with E-state index in [2.05, 4.69) is 5.32 Å². The van der Waals surface area contributed by atoms with Gasteiger partial charge in [-0.05, 0) is 43.7 Å². The standard InChI is InChI=1S/C22H23F4NO5/c1-12(2)32-19(21(29)30)9-13-4-7-18(31-3)15(8-13)11-27-20(28)14-5-6-16(17(23)10-14)22(24,25)26/h4-8,10,12,19H,9,11H2,1-3H3,(H,27,28)(H,29,30). The number of hydrogen-bond donors (Lipinski definition) is 2. The number of carboxylic acid groups (broad SMARTS) is 1. The number of nitrogens with one attached hydrogen (secondary N) is 1. The van der Waals surface area contributed by atoms with Crippen LogP contribution in [0.5, 0.6) is 5.75 Å². The molecule has 0 saturated heterocycles. The number of methoxy groups -OCH3 is 1. The number of benzene rings is 2. The summed E-state index contributed by atoms with van der Waals surface area (Å²) >= 11 is 0. The fraction of sp³-hybridized carbons (Fsp3) is 0.364. The molecule has 0 radical (unpaired) electrons. The second kappa shape index (κ2) is 10.4. The number of carbonyl (C=O) groups excluding carboxylic acids is 1. The van der Waals surface area contributed by atoms with E-state index < -0.39 is 35.5 Å². The van der Waals surface area contributed by atoms with Crippen LogP contribution in [0.25, 0.3) is 0 Å². The molecule has 0 aliphatic rings. The second-order valence-corrected chi connectivity index (χ2v) is 7.24. The molecule has 0 saturated carbocycles. The van der Waals surface area contributed by atoms with E-state index >= 15 is 0 Å². The fourth-order valence-corrected chi connectivity index (χ4v) is 3.00. The third-order valence-electron chi connectivity index (χ3n) is 4.45. The van der Waals surface area contributed by atoms with Gasteiger partial charge in [-0.25, -0.2) is 9.18 Å². The quantitative estimate of drug-likeness (QED) is 0.552. The molecular formula is C22H23F4NO5. The van der Waals surface area contributed by atoms with E-state index in [0.29, 0.717) is 29.0 Å². The summed E-state index contributed by atoms with van der Waals surface area (Å²) in [4.78, 5) is 23.7. The summed E-state index contributed by atoms with van der Waals surface area (Å²) in [7, 11) is 1.41. The van der Waals surface area contributed by atoms with Crippen LogP contribution in [0, 0.1) is 5.82 Å². The molecule has 0 aliphatic heterocycles. The predicted octanol–water partition coefficient (Wildman–Crippen LogP) is 4.20. The third kappa shape index (κ3) is 6.68. The Morgan fingerprint density at radius 3 is 2.34 bits per heavy atom. The molecule has 10 heteroatoms. The zero-order chi connectivity index (χ0) is 24.1. The first kappa shape index (κ1) is 25.1. The molecule has 1 amide bonds. The van der Waals surface area contributed by atoms with Crippen molar-refractivity contribution in [1.29, 1.82) is 0 Å². The molecule has 2 rings (SSSR count). The maximum Gasteiger partial charge on any atom is 0.419 e. The number of alkyl halides is 3. The van der Waals surface area contributed by atoms with Crippen molar-refractivity contribution in [3.63, 3.8) is 0 Å². The Labute approximate surface area is 182 Å². The molecule has 174 valence electrons. The highest BCUT2D eigenvalue weighted by molar-refractivity contribution is 5.94. The van der Waals surface area contributed by atoms with Crippen LogP contribution >= 0.6 is 0 Å². The van der Waals surface area contributed by atoms with Gasteiger partial charge < -0.3 is 19.9 Å².